The molecule has 0 spiro atoms. The number of fused-ring (bicyclic) bond motifs is 1. The van der Waals surface area contributed by atoms with Crippen LogP contribution in [0.25, 0.3) is 10.9 Å². The lowest BCUT2D eigenvalue weighted by molar-refractivity contribution is 0.112. The second-order valence-electron chi connectivity index (χ2n) is 4.47. The number of para-hydroxylation sites is 1. The average molecular weight is 361 g/mol. The van der Waals surface area contributed by atoms with E-state index in [2.05, 4.69) is 57.5 Å². The van der Waals surface area contributed by atoms with Gasteiger partial charge in [-0.25, -0.2) is 0 Å². The normalized spacial score (nSPS) is 10.8. The van der Waals surface area contributed by atoms with Gasteiger partial charge in [0.1, 0.15) is 0 Å². The Hall–Kier alpha value is -1.62. The van der Waals surface area contributed by atoms with Gasteiger partial charge >= 0.3 is 0 Å². The lowest BCUT2D eigenvalue weighted by Crippen LogP contribution is -1.97. The number of carbonyl (C=O) groups is 1. The predicted molar refractivity (Wildman–Crippen MR) is 85.6 cm³/mol. The Morgan fingerprint density at radius 2 is 1.79 bits per heavy atom. The molecule has 0 atom stereocenters. The van der Waals surface area contributed by atoms with Crippen LogP contribution in [0.15, 0.2) is 54.7 Å². The van der Waals surface area contributed by atoms with E-state index in [1.165, 1.54) is 9.13 Å². The van der Waals surface area contributed by atoms with Crippen LogP contribution in [0.1, 0.15) is 15.9 Å². The van der Waals surface area contributed by atoms with Crippen LogP contribution in [0.2, 0.25) is 0 Å². The van der Waals surface area contributed by atoms with Gasteiger partial charge in [-0.2, -0.15) is 0 Å². The van der Waals surface area contributed by atoms with Crippen LogP contribution < -0.4 is 0 Å². The third kappa shape index (κ3) is 2.42. The Kier molecular flexibility index (Phi) is 3.38. The van der Waals surface area contributed by atoms with Gasteiger partial charge in [-0.3, -0.25) is 4.79 Å². The van der Waals surface area contributed by atoms with E-state index in [4.69, 9.17) is 0 Å². The molecule has 0 amide bonds. The van der Waals surface area contributed by atoms with Crippen molar-refractivity contribution in [3.05, 3.63) is 69.4 Å². The maximum absolute atomic E-state index is 11.1. The molecular formula is C16H12INO. The van der Waals surface area contributed by atoms with Gasteiger partial charge in [0.25, 0.3) is 0 Å². The highest BCUT2D eigenvalue weighted by atomic mass is 127. The van der Waals surface area contributed by atoms with Gasteiger partial charge in [-0.05, 0) is 46.4 Å². The minimum atomic E-state index is 0.751. The third-order valence-corrected chi connectivity index (χ3v) is 3.93. The maximum atomic E-state index is 11.1. The van der Waals surface area contributed by atoms with Gasteiger partial charge in [0.05, 0.1) is 0 Å². The van der Waals surface area contributed by atoms with Crippen LogP contribution in [-0.2, 0) is 6.54 Å². The van der Waals surface area contributed by atoms with Crippen LogP contribution in [0.5, 0.6) is 0 Å². The molecule has 0 radical (unpaired) electrons. The highest BCUT2D eigenvalue weighted by molar-refractivity contribution is 14.1. The van der Waals surface area contributed by atoms with E-state index in [1.807, 2.05) is 24.4 Å². The molecule has 0 fully saturated rings. The molecule has 94 valence electrons. The summed E-state index contributed by atoms with van der Waals surface area (Å²) in [6.07, 6.45) is 2.85. The summed E-state index contributed by atoms with van der Waals surface area (Å²) in [6.45, 7) is 0.783. The molecule has 0 bridgehead atoms. The first kappa shape index (κ1) is 12.4. The predicted octanol–water partition coefficient (Wildman–Crippen LogP) is 4.11. The average Bonchev–Trinajstić information content (AvgIpc) is 2.80. The van der Waals surface area contributed by atoms with Crippen molar-refractivity contribution in [2.75, 3.05) is 0 Å². The van der Waals surface area contributed by atoms with Crippen LogP contribution in [0.4, 0.5) is 0 Å². The van der Waals surface area contributed by atoms with Crippen LogP contribution in [0, 0.1) is 3.57 Å². The van der Waals surface area contributed by atoms with Crippen molar-refractivity contribution in [3.63, 3.8) is 0 Å². The largest absolute Gasteiger partial charge is 0.342 e. The third-order valence-electron chi connectivity index (χ3n) is 3.21. The number of aldehydes is 1. The van der Waals surface area contributed by atoms with Gasteiger partial charge in [0, 0.05) is 32.8 Å². The number of hydrogen-bond donors (Lipinski definition) is 0. The number of nitrogens with zero attached hydrogens (tertiary/aromatic N) is 1. The fourth-order valence-corrected chi connectivity index (χ4v) is 2.65. The molecule has 0 aliphatic heterocycles. The zero-order chi connectivity index (χ0) is 13.2. The highest BCUT2D eigenvalue weighted by Crippen LogP contribution is 2.21. The van der Waals surface area contributed by atoms with Crippen molar-refractivity contribution in [2.45, 2.75) is 6.54 Å². The number of hydrogen-bond acceptors (Lipinski definition) is 1. The molecular weight excluding hydrogens is 349 g/mol. The van der Waals surface area contributed by atoms with Gasteiger partial charge in [0.2, 0.25) is 0 Å². The molecule has 2 nitrogen and oxygen atoms in total. The Balaban J connectivity index is 2.05. The zero-order valence-corrected chi connectivity index (χ0v) is 12.4. The molecule has 0 aliphatic rings. The molecule has 0 saturated carbocycles. The number of aromatic nitrogens is 1. The van der Waals surface area contributed by atoms with Crippen LogP contribution >= 0.6 is 22.6 Å². The minimum Gasteiger partial charge on any atom is -0.342 e. The van der Waals surface area contributed by atoms with E-state index in [0.29, 0.717) is 0 Å². The molecule has 3 heteroatoms. The van der Waals surface area contributed by atoms with E-state index in [-0.39, 0.29) is 0 Å². The molecule has 0 saturated heterocycles. The maximum Gasteiger partial charge on any atom is 0.152 e. The molecule has 3 rings (SSSR count). The van der Waals surface area contributed by atoms with E-state index in [9.17, 15) is 4.79 Å². The van der Waals surface area contributed by atoms with Crippen molar-refractivity contribution < 1.29 is 4.79 Å². The van der Waals surface area contributed by atoms with Crippen molar-refractivity contribution in [3.8, 4) is 0 Å². The summed E-state index contributed by atoms with van der Waals surface area (Å²) in [6, 6.07) is 16.4. The van der Waals surface area contributed by atoms with E-state index >= 15 is 0 Å². The lowest BCUT2D eigenvalue weighted by atomic mass is 10.2. The summed E-state index contributed by atoms with van der Waals surface area (Å²) >= 11 is 2.30. The highest BCUT2D eigenvalue weighted by Gasteiger charge is 2.07. The summed E-state index contributed by atoms with van der Waals surface area (Å²) in [7, 11) is 0. The van der Waals surface area contributed by atoms with Gasteiger partial charge in [0.15, 0.2) is 6.29 Å². The molecule has 3 aromatic rings. The SMILES string of the molecule is O=Cc1cn(Cc2ccc(I)cc2)c2ccccc12. The zero-order valence-electron chi connectivity index (χ0n) is 10.2. The molecule has 2 aromatic carbocycles. The topological polar surface area (TPSA) is 22.0 Å². The van der Waals surface area contributed by atoms with Crippen LogP contribution in [-0.4, -0.2) is 10.9 Å². The fraction of sp³-hybridized carbons (Fsp3) is 0.0625. The molecule has 0 unspecified atom stereocenters. The number of rotatable bonds is 3. The fourth-order valence-electron chi connectivity index (χ4n) is 2.29. The molecule has 1 heterocycles. The Morgan fingerprint density at radius 1 is 1.05 bits per heavy atom. The van der Waals surface area contributed by atoms with Crippen molar-refractivity contribution >= 4 is 39.8 Å². The molecule has 19 heavy (non-hydrogen) atoms. The van der Waals surface area contributed by atoms with Gasteiger partial charge in [-0.15, -0.1) is 0 Å². The summed E-state index contributed by atoms with van der Waals surface area (Å²) in [5, 5.41) is 1.02. The Labute approximate surface area is 125 Å². The van der Waals surface area contributed by atoms with E-state index in [1.54, 1.807) is 0 Å². The summed E-state index contributed by atoms with van der Waals surface area (Å²) in [4.78, 5) is 11.1. The molecule has 0 aliphatic carbocycles. The van der Waals surface area contributed by atoms with Gasteiger partial charge in [-0.1, -0.05) is 30.3 Å². The molecule has 1 aromatic heterocycles. The number of benzene rings is 2. The second-order valence-corrected chi connectivity index (χ2v) is 5.72. The smallest absolute Gasteiger partial charge is 0.152 e. The lowest BCUT2D eigenvalue weighted by Gasteiger charge is -2.05. The van der Waals surface area contributed by atoms with E-state index in [0.717, 1.165) is 29.3 Å². The first-order chi connectivity index (χ1) is 9.28. The number of halogens is 1. The summed E-state index contributed by atoms with van der Waals surface area (Å²) in [5.41, 5.74) is 3.09. The standard InChI is InChI=1S/C16H12INO/c17-14-7-5-12(6-8-14)9-18-10-13(11-19)15-3-1-2-4-16(15)18/h1-8,10-11H,9H2. The first-order valence-electron chi connectivity index (χ1n) is 6.05. The second kappa shape index (κ2) is 5.17. The van der Waals surface area contributed by atoms with Crippen molar-refractivity contribution in [1.29, 1.82) is 0 Å². The van der Waals surface area contributed by atoms with Crippen molar-refractivity contribution in [2.24, 2.45) is 0 Å². The number of carbonyl (C=O) groups excluding carboxylic acids is 1. The quantitative estimate of drug-likeness (QED) is 0.509. The first-order valence-corrected chi connectivity index (χ1v) is 7.13. The van der Waals surface area contributed by atoms with Gasteiger partial charge < -0.3 is 4.57 Å². The minimum absolute atomic E-state index is 0.751. The Morgan fingerprint density at radius 3 is 2.53 bits per heavy atom. The van der Waals surface area contributed by atoms with E-state index < -0.39 is 0 Å². The summed E-state index contributed by atoms with van der Waals surface area (Å²) < 4.78 is 3.36. The summed E-state index contributed by atoms with van der Waals surface area (Å²) in [5.74, 6) is 0. The molecule has 0 N–H and O–H groups in total. The monoisotopic (exact) mass is 361 g/mol. The Bertz CT molecular complexity index is 728. The van der Waals surface area contributed by atoms with Crippen LogP contribution in [0.3, 0.4) is 0 Å². The van der Waals surface area contributed by atoms with Crippen molar-refractivity contribution in [1.82, 2.24) is 4.57 Å².